The van der Waals surface area contributed by atoms with Gasteiger partial charge in [0, 0.05) is 24.3 Å². The van der Waals surface area contributed by atoms with E-state index in [1.807, 2.05) is 12.3 Å². The summed E-state index contributed by atoms with van der Waals surface area (Å²) in [5.41, 5.74) is 6.96. The van der Waals surface area contributed by atoms with Crippen molar-refractivity contribution in [2.75, 3.05) is 12.5 Å². The molecule has 0 aliphatic carbocycles. The van der Waals surface area contributed by atoms with Crippen LogP contribution in [0.3, 0.4) is 0 Å². The molecule has 0 saturated heterocycles. The molecule has 2 aromatic heterocycles. The summed E-state index contributed by atoms with van der Waals surface area (Å²) >= 11 is 1.50. The van der Waals surface area contributed by atoms with Gasteiger partial charge in [0.05, 0.1) is 29.0 Å². The summed E-state index contributed by atoms with van der Waals surface area (Å²) in [5, 5.41) is 1.92. The van der Waals surface area contributed by atoms with Gasteiger partial charge < -0.3 is 10.3 Å². The minimum atomic E-state index is -0.145. The maximum atomic E-state index is 12.3. The van der Waals surface area contributed by atoms with Crippen LogP contribution in [0.2, 0.25) is 0 Å². The third-order valence-corrected chi connectivity index (χ3v) is 3.29. The van der Waals surface area contributed by atoms with Gasteiger partial charge >= 0.3 is 0 Å². The number of amides is 1. The molecule has 1 amide bonds. The van der Waals surface area contributed by atoms with E-state index in [1.54, 1.807) is 23.5 Å². The second-order valence-corrected chi connectivity index (χ2v) is 4.88. The van der Waals surface area contributed by atoms with E-state index in [9.17, 15) is 4.79 Å². The molecule has 2 rings (SSSR count). The Kier molecular flexibility index (Phi) is 4.08. The third-order valence-electron chi connectivity index (χ3n) is 2.66. The van der Waals surface area contributed by atoms with E-state index >= 15 is 0 Å². The molecule has 0 unspecified atom stereocenters. The molecule has 0 radical (unpaired) electrons. The number of nitrogens with two attached hydrogens (primary N) is 1. The SMILES string of the molecule is Cc1cc(NN)c(C(=O)N(C)Cc2cscn2)cn1. The molecule has 2 aromatic rings. The number of rotatable bonds is 4. The molecule has 0 spiro atoms. The number of nitrogens with one attached hydrogen (secondary N) is 1. The summed E-state index contributed by atoms with van der Waals surface area (Å²) < 4.78 is 0. The number of anilines is 1. The minimum absolute atomic E-state index is 0.145. The molecule has 6 nitrogen and oxygen atoms in total. The lowest BCUT2D eigenvalue weighted by Gasteiger charge is -2.17. The van der Waals surface area contributed by atoms with Crippen LogP contribution in [0.15, 0.2) is 23.2 Å². The maximum absolute atomic E-state index is 12.3. The van der Waals surface area contributed by atoms with Gasteiger partial charge in [-0.15, -0.1) is 11.3 Å². The molecular weight excluding hydrogens is 262 g/mol. The predicted octanol–water partition coefficient (Wildman–Crippen LogP) is 1.40. The average molecular weight is 277 g/mol. The third kappa shape index (κ3) is 3.07. The van der Waals surface area contributed by atoms with E-state index in [0.29, 0.717) is 17.8 Å². The second kappa shape index (κ2) is 5.77. The molecule has 0 atom stereocenters. The van der Waals surface area contributed by atoms with Crippen molar-refractivity contribution in [3.8, 4) is 0 Å². The number of thiazole rings is 1. The molecular formula is C12H15N5OS. The lowest BCUT2D eigenvalue weighted by atomic mass is 10.2. The van der Waals surface area contributed by atoms with Crippen molar-refractivity contribution < 1.29 is 4.79 Å². The first-order chi connectivity index (χ1) is 9.11. The van der Waals surface area contributed by atoms with Crippen molar-refractivity contribution in [3.05, 3.63) is 40.1 Å². The largest absolute Gasteiger partial charge is 0.336 e. The van der Waals surface area contributed by atoms with E-state index in [2.05, 4.69) is 15.4 Å². The summed E-state index contributed by atoms with van der Waals surface area (Å²) in [7, 11) is 1.72. The highest BCUT2D eigenvalue weighted by Crippen LogP contribution is 2.17. The molecule has 3 N–H and O–H groups in total. The van der Waals surface area contributed by atoms with Crippen LogP contribution in [-0.2, 0) is 6.54 Å². The smallest absolute Gasteiger partial charge is 0.257 e. The van der Waals surface area contributed by atoms with Gasteiger partial charge in [-0.05, 0) is 13.0 Å². The number of nitrogen functional groups attached to an aromatic ring is 1. The monoisotopic (exact) mass is 277 g/mol. The quantitative estimate of drug-likeness (QED) is 0.652. The van der Waals surface area contributed by atoms with Crippen molar-refractivity contribution in [3.63, 3.8) is 0 Å². The summed E-state index contributed by atoms with van der Waals surface area (Å²) in [6, 6.07) is 1.74. The highest BCUT2D eigenvalue weighted by molar-refractivity contribution is 7.07. The Morgan fingerprint density at radius 3 is 2.95 bits per heavy atom. The molecule has 19 heavy (non-hydrogen) atoms. The van der Waals surface area contributed by atoms with Crippen molar-refractivity contribution >= 4 is 22.9 Å². The van der Waals surface area contributed by atoms with Crippen LogP contribution >= 0.6 is 11.3 Å². The molecule has 100 valence electrons. The van der Waals surface area contributed by atoms with E-state index in [4.69, 9.17) is 5.84 Å². The average Bonchev–Trinajstić information content (AvgIpc) is 2.90. The molecule has 0 aliphatic heterocycles. The molecule has 0 aliphatic rings. The number of carbonyl (C=O) groups excluding carboxylic acids is 1. The molecule has 0 aromatic carbocycles. The van der Waals surface area contributed by atoms with Gasteiger partial charge in [-0.2, -0.15) is 0 Å². The molecule has 0 fully saturated rings. The fraction of sp³-hybridized carbons (Fsp3) is 0.250. The number of hydrazine groups is 1. The maximum Gasteiger partial charge on any atom is 0.257 e. The van der Waals surface area contributed by atoms with Crippen LogP contribution in [-0.4, -0.2) is 27.8 Å². The number of aromatic nitrogens is 2. The topological polar surface area (TPSA) is 84.1 Å². The van der Waals surface area contributed by atoms with Crippen LogP contribution in [0.25, 0.3) is 0 Å². The Balaban J connectivity index is 2.19. The zero-order valence-electron chi connectivity index (χ0n) is 10.8. The summed E-state index contributed by atoms with van der Waals surface area (Å²) in [6.45, 7) is 2.30. The van der Waals surface area contributed by atoms with Crippen molar-refractivity contribution in [1.29, 1.82) is 0 Å². The first-order valence-corrected chi connectivity index (χ1v) is 6.62. The Labute approximate surface area is 115 Å². The van der Waals surface area contributed by atoms with Crippen molar-refractivity contribution in [2.24, 2.45) is 5.84 Å². The second-order valence-electron chi connectivity index (χ2n) is 4.16. The van der Waals surface area contributed by atoms with Crippen LogP contribution in [0.4, 0.5) is 5.69 Å². The number of pyridine rings is 1. The van der Waals surface area contributed by atoms with Crippen LogP contribution < -0.4 is 11.3 Å². The predicted molar refractivity (Wildman–Crippen MR) is 74.7 cm³/mol. The van der Waals surface area contributed by atoms with Gasteiger partial charge in [0.15, 0.2) is 0 Å². The number of hydrogen-bond acceptors (Lipinski definition) is 6. The minimum Gasteiger partial charge on any atom is -0.336 e. The fourth-order valence-corrected chi connectivity index (χ4v) is 2.24. The first kappa shape index (κ1) is 13.4. The Bertz CT molecular complexity index is 570. The standard InChI is InChI=1S/C12H15N5OS/c1-8-3-11(16-13)10(4-14-8)12(18)17(2)5-9-6-19-7-15-9/h3-4,6-7H,5,13H2,1-2H3,(H,14,16). The summed E-state index contributed by atoms with van der Waals surface area (Å²) in [4.78, 5) is 22.2. The Morgan fingerprint density at radius 2 is 2.32 bits per heavy atom. The molecule has 0 saturated carbocycles. The highest BCUT2D eigenvalue weighted by atomic mass is 32.1. The molecule has 7 heteroatoms. The normalized spacial score (nSPS) is 10.3. The summed E-state index contributed by atoms with van der Waals surface area (Å²) in [6.07, 6.45) is 1.53. The number of hydrogen-bond donors (Lipinski definition) is 2. The lowest BCUT2D eigenvalue weighted by molar-refractivity contribution is 0.0784. The van der Waals surface area contributed by atoms with Crippen LogP contribution in [0, 0.1) is 6.92 Å². The first-order valence-electron chi connectivity index (χ1n) is 5.67. The number of aryl methyl sites for hydroxylation is 1. The number of nitrogens with zero attached hydrogens (tertiary/aromatic N) is 3. The van der Waals surface area contributed by atoms with Gasteiger partial charge in [-0.1, -0.05) is 0 Å². The van der Waals surface area contributed by atoms with Crippen LogP contribution in [0.5, 0.6) is 0 Å². The van der Waals surface area contributed by atoms with Gasteiger partial charge in [0.1, 0.15) is 0 Å². The molecule has 0 bridgehead atoms. The zero-order chi connectivity index (χ0) is 13.8. The Morgan fingerprint density at radius 1 is 1.53 bits per heavy atom. The van der Waals surface area contributed by atoms with E-state index in [1.165, 1.54) is 17.5 Å². The summed E-state index contributed by atoms with van der Waals surface area (Å²) in [5.74, 6) is 5.29. The van der Waals surface area contributed by atoms with E-state index in [0.717, 1.165) is 11.4 Å². The van der Waals surface area contributed by atoms with Crippen molar-refractivity contribution in [2.45, 2.75) is 13.5 Å². The zero-order valence-corrected chi connectivity index (χ0v) is 11.6. The fourth-order valence-electron chi connectivity index (χ4n) is 1.69. The lowest BCUT2D eigenvalue weighted by Crippen LogP contribution is -2.28. The van der Waals surface area contributed by atoms with Crippen molar-refractivity contribution in [1.82, 2.24) is 14.9 Å². The van der Waals surface area contributed by atoms with Gasteiger partial charge in [-0.25, -0.2) is 4.98 Å². The van der Waals surface area contributed by atoms with Gasteiger partial charge in [0.25, 0.3) is 5.91 Å². The Hall–Kier alpha value is -1.99. The van der Waals surface area contributed by atoms with Crippen LogP contribution in [0.1, 0.15) is 21.7 Å². The number of carbonyl (C=O) groups is 1. The highest BCUT2D eigenvalue weighted by Gasteiger charge is 2.17. The van der Waals surface area contributed by atoms with E-state index < -0.39 is 0 Å². The van der Waals surface area contributed by atoms with E-state index in [-0.39, 0.29) is 5.91 Å². The van der Waals surface area contributed by atoms with Gasteiger partial charge in [0.2, 0.25) is 0 Å². The van der Waals surface area contributed by atoms with Gasteiger partial charge in [-0.3, -0.25) is 15.6 Å². The molecule has 2 heterocycles.